The lowest BCUT2D eigenvalue weighted by Gasteiger charge is -2.11. The minimum atomic E-state index is -0.116. The first-order valence-electron chi connectivity index (χ1n) is 9.88. The van der Waals surface area contributed by atoms with Gasteiger partial charge in [-0.1, -0.05) is 57.5 Å². The smallest absolute Gasteiger partial charge is 0.234 e. The lowest BCUT2D eigenvalue weighted by molar-refractivity contribution is -0.113. The van der Waals surface area contributed by atoms with Crippen molar-refractivity contribution in [3.8, 4) is 22.8 Å². The minimum Gasteiger partial charge on any atom is -0.497 e. The van der Waals surface area contributed by atoms with Gasteiger partial charge in [0, 0.05) is 21.4 Å². The van der Waals surface area contributed by atoms with Crippen LogP contribution in [0.4, 0.5) is 5.69 Å². The fourth-order valence-corrected chi connectivity index (χ4v) is 4.34. The topological polar surface area (TPSA) is 69.0 Å². The van der Waals surface area contributed by atoms with Crippen molar-refractivity contribution >= 4 is 39.3 Å². The van der Waals surface area contributed by atoms with E-state index in [2.05, 4.69) is 37.5 Å². The van der Waals surface area contributed by atoms with Crippen LogP contribution in [0, 0.1) is 6.92 Å². The molecule has 162 valence electrons. The molecule has 4 rings (SSSR count). The Morgan fingerprint density at radius 1 is 1.06 bits per heavy atom. The van der Waals surface area contributed by atoms with Gasteiger partial charge in [-0.15, -0.1) is 10.2 Å². The van der Waals surface area contributed by atoms with Gasteiger partial charge in [0.15, 0.2) is 11.0 Å². The summed E-state index contributed by atoms with van der Waals surface area (Å²) < 4.78 is 8.16. The normalized spacial score (nSPS) is 10.7. The first-order valence-corrected chi connectivity index (χ1v) is 11.7. The summed E-state index contributed by atoms with van der Waals surface area (Å²) in [5.41, 5.74) is 3.72. The summed E-state index contributed by atoms with van der Waals surface area (Å²) in [6.07, 6.45) is 0. The Morgan fingerprint density at radius 3 is 2.56 bits per heavy atom. The Morgan fingerprint density at radius 2 is 1.84 bits per heavy atom. The van der Waals surface area contributed by atoms with Crippen molar-refractivity contribution in [3.05, 3.63) is 82.8 Å². The molecule has 0 bridgehead atoms. The molecule has 0 aliphatic heterocycles. The number of hydrogen-bond acceptors (Lipinski definition) is 5. The number of nitrogens with one attached hydrogen (secondary N) is 1. The highest BCUT2D eigenvalue weighted by Crippen LogP contribution is 2.29. The zero-order valence-corrected chi connectivity index (χ0v) is 20.0. The summed E-state index contributed by atoms with van der Waals surface area (Å²) in [7, 11) is 1.64. The van der Waals surface area contributed by atoms with Gasteiger partial charge < -0.3 is 10.1 Å². The summed E-state index contributed by atoms with van der Waals surface area (Å²) in [5.74, 6) is 1.57. The Bertz CT molecular complexity index is 1240. The number of thioether (sulfide) groups is 1. The Balaban J connectivity index is 1.61. The molecule has 0 radical (unpaired) electrons. The molecule has 0 atom stereocenters. The van der Waals surface area contributed by atoms with Gasteiger partial charge in [-0.05, 0) is 55.5 Å². The van der Waals surface area contributed by atoms with Crippen LogP contribution >= 0.6 is 27.7 Å². The Hall–Kier alpha value is -3.10. The molecular weight excluding hydrogens is 488 g/mol. The van der Waals surface area contributed by atoms with Gasteiger partial charge in [0.05, 0.1) is 12.9 Å². The maximum atomic E-state index is 12.5. The van der Waals surface area contributed by atoms with E-state index in [1.807, 2.05) is 78.2 Å². The van der Waals surface area contributed by atoms with Crippen molar-refractivity contribution in [2.24, 2.45) is 0 Å². The molecule has 3 aromatic carbocycles. The number of benzene rings is 3. The van der Waals surface area contributed by atoms with E-state index < -0.39 is 0 Å². The van der Waals surface area contributed by atoms with Crippen molar-refractivity contribution in [1.82, 2.24) is 14.8 Å². The summed E-state index contributed by atoms with van der Waals surface area (Å²) >= 11 is 4.75. The Kier molecular flexibility index (Phi) is 6.92. The molecule has 4 aromatic rings. The number of carbonyl (C=O) groups is 1. The fourth-order valence-electron chi connectivity index (χ4n) is 3.19. The van der Waals surface area contributed by atoms with Gasteiger partial charge in [0.2, 0.25) is 5.91 Å². The average molecular weight is 509 g/mol. The number of carbonyl (C=O) groups excluding carboxylic acids is 1. The van der Waals surface area contributed by atoms with Crippen LogP contribution < -0.4 is 10.1 Å². The number of aromatic nitrogens is 3. The number of anilines is 1. The average Bonchev–Trinajstić information content (AvgIpc) is 3.22. The van der Waals surface area contributed by atoms with Gasteiger partial charge in [-0.3, -0.25) is 9.36 Å². The molecule has 0 aliphatic rings. The predicted octanol–water partition coefficient (Wildman–Crippen LogP) is 5.74. The highest BCUT2D eigenvalue weighted by atomic mass is 79.9. The first kappa shape index (κ1) is 22.1. The van der Waals surface area contributed by atoms with E-state index >= 15 is 0 Å². The SMILES string of the molecule is COc1ccc(-n2c(SCC(=O)Nc3cccc(Br)c3)nnc2-c2cccc(C)c2)cc1. The maximum absolute atomic E-state index is 12.5. The molecule has 0 aliphatic carbocycles. The van der Waals surface area contributed by atoms with Gasteiger partial charge in [0.25, 0.3) is 0 Å². The predicted molar refractivity (Wildman–Crippen MR) is 132 cm³/mol. The third-order valence-corrected chi connectivity index (χ3v) is 6.10. The molecular formula is C24H21BrN4O2S. The molecule has 0 spiro atoms. The van der Waals surface area contributed by atoms with Crippen LogP contribution in [0.1, 0.15) is 5.56 Å². The monoisotopic (exact) mass is 508 g/mol. The molecule has 1 amide bonds. The first-order chi connectivity index (χ1) is 15.5. The number of nitrogens with zero attached hydrogens (tertiary/aromatic N) is 3. The van der Waals surface area contributed by atoms with Crippen LogP contribution in [0.5, 0.6) is 5.75 Å². The second-order valence-corrected chi connectivity index (χ2v) is 8.91. The largest absolute Gasteiger partial charge is 0.497 e. The van der Waals surface area contributed by atoms with E-state index in [0.717, 1.165) is 32.7 Å². The third kappa shape index (κ3) is 5.20. The zero-order valence-electron chi connectivity index (χ0n) is 17.6. The molecule has 32 heavy (non-hydrogen) atoms. The van der Waals surface area contributed by atoms with Gasteiger partial charge in [-0.25, -0.2) is 0 Å². The quantitative estimate of drug-likeness (QED) is 0.322. The van der Waals surface area contributed by atoms with Crippen LogP contribution in [0.25, 0.3) is 17.1 Å². The second-order valence-electron chi connectivity index (χ2n) is 7.06. The van der Waals surface area contributed by atoms with E-state index in [1.165, 1.54) is 11.8 Å². The molecule has 1 N–H and O–H groups in total. The van der Waals surface area contributed by atoms with Crippen molar-refractivity contribution in [3.63, 3.8) is 0 Å². The molecule has 0 saturated carbocycles. The third-order valence-electron chi connectivity index (χ3n) is 4.68. The molecule has 1 heterocycles. The molecule has 6 nitrogen and oxygen atoms in total. The second kappa shape index (κ2) is 10.0. The molecule has 8 heteroatoms. The maximum Gasteiger partial charge on any atom is 0.234 e. The number of halogens is 1. The summed E-state index contributed by atoms with van der Waals surface area (Å²) in [5, 5.41) is 12.4. The van der Waals surface area contributed by atoms with Gasteiger partial charge in [0.1, 0.15) is 5.75 Å². The molecule has 1 aromatic heterocycles. The van der Waals surface area contributed by atoms with Crippen LogP contribution in [-0.4, -0.2) is 33.5 Å². The summed E-state index contributed by atoms with van der Waals surface area (Å²) in [6, 6.07) is 23.3. The Labute approximate surface area is 199 Å². The van der Waals surface area contributed by atoms with Crippen molar-refractivity contribution in [2.75, 3.05) is 18.2 Å². The number of ether oxygens (including phenoxy) is 1. The van der Waals surface area contributed by atoms with Crippen molar-refractivity contribution in [1.29, 1.82) is 0 Å². The zero-order chi connectivity index (χ0) is 22.5. The van der Waals surface area contributed by atoms with Gasteiger partial charge in [-0.2, -0.15) is 0 Å². The van der Waals surface area contributed by atoms with Crippen LogP contribution in [0.15, 0.2) is 82.4 Å². The fraction of sp³-hybridized carbons (Fsp3) is 0.125. The molecule has 0 unspecified atom stereocenters. The van der Waals surface area contributed by atoms with Crippen molar-refractivity contribution in [2.45, 2.75) is 12.1 Å². The van der Waals surface area contributed by atoms with E-state index in [9.17, 15) is 4.79 Å². The summed E-state index contributed by atoms with van der Waals surface area (Å²) in [4.78, 5) is 12.5. The molecule has 0 saturated heterocycles. The van der Waals surface area contributed by atoms with Crippen LogP contribution in [-0.2, 0) is 4.79 Å². The molecule has 0 fully saturated rings. The van der Waals surface area contributed by atoms with E-state index in [4.69, 9.17) is 4.74 Å². The minimum absolute atomic E-state index is 0.116. The number of amides is 1. The number of hydrogen-bond donors (Lipinski definition) is 1. The number of aryl methyl sites for hydroxylation is 1. The highest BCUT2D eigenvalue weighted by molar-refractivity contribution is 9.10. The van der Waals surface area contributed by atoms with E-state index in [0.29, 0.717) is 11.0 Å². The van der Waals surface area contributed by atoms with Crippen molar-refractivity contribution < 1.29 is 9.53 Å². The van der Waals surface area contributed by atoms with Gasteiger partial charge >= 0.3 is 0 Å². The van der Waals surface area contributed by atoms with E-state index in [1.54, 1.807) is 7.11 Å². The lowest BCUT2D eigenvalue weighted by Crippen LogP contribution is -2.14. The highest BCUT2D eigenvalue weighted by Gasteiger charge is 2.17. The van der Waals surface area contributed by atoms with Crippen LogP contribution in [0.2, 0.25) is 0 Å². The number of rotatable bonds is 7. The standard InChI is InChI=1S/C24H21BrN4O2S/c1-16-5-3-6-17(13-16)23-27-28-24(29(23)20-9-11-21(31-2)12-10-20)32-15-22(30)26-19-8-4-7-18(25)14-19/h3-14H,15H2,1-2H3,(H,26,30). The van der Waals surface area contributed by atoms with Crippen LogP contribution in [0.3, 0.4) is 0 Å². The lowest BCUT2D eigenvalue weighted by atomic mass is 10.1. The van der Waals surface area contributed by atoms with E-state index in [-0.39, 0.29) is 11.7 Å². The summed E-state index contributed by atoms with van der Waals surface area (Å²) in [6.45, 7) is 2.04. The number of methoxy groups -OCH3 is 1.